The van der Waals surface area contributed by atoms with E-state index in [0.29, 0.717) is 0 Å². The average molecular weight is 411 g/mol. The van der Waals surface area contributed by atoms with E-state index < -0.39 is 5.60 Å². The predicted molar refractivity (Wildman–Crippen MR) is 99.3 cm³/mol. The van der Waals surface area contributed by atoms with Crippen LogP contribution in [0.3, 0.4) is 0 Å². The highest BCUT2D eigenvalue weighted by atomic mass is 127. The smallest absolute Gasteiger partial charge is 0.407 e. The number of rotatable bonds is 11. The summed E-state index contributed by atoms with van der Waals surface area (Å²) in [6, 6.07) is 0.237. The topological polar surface area (TPSA) is 38.3 Å². The molecule has 0 saturated heterocycles. The van der Waals surface area contributed by atoms with Crippen molar-refractivity contribution in [3.8, 4) is 0 Å². The maximum absolute atomic E-state index is 11.7. The zero-order chi connectivity index (χ0) is 16.1. The van der Waals surface area contributed by atoms with Gasteiger partial charge in [0.05, 0.1) is 0 Å². The van der Waals surface area contributed by atoms with Gasteiger partial charge in [0.25, 0.3) is 0 Å². The molecule has 0 fully saturated rings. The second-order valence-electron chi connectivity index (χ2n) is 6.76. The Kier molecular flexibility index (Phi) is 12.5. The lowest BCUT2D eigenvalue weighted by Gasteiger charge is -2.22. The largest absolute Gasteiger partial charge is 0.444 e. The summed E-state index contributed by atoms with van der Waals surface area (Å²) < 4.78 is 6.24. The number of hydrogen-bond acceptors (Lipinski definition) is 2. The molecule has 0 bridgehead atoms. The third-order valence-electron chi connectivity index (χ3n) is 3.31. The van der Waals surface area contributed by atoms with Crippen LogP contribution in [0.1, 0.15) is 85.5 Å². The second kappa shape index (κ2) is 12.5. The van der Waals surface area contributed by atoms with E-state index in [-0.39, 0.29) is 12.1 Å². The molecular formula is C17H34INO2. The maximum atomic E-state index is 11.7. The van der Waals surface area contributed by atoms with Crippen molar-refractivity contribution in [3.63, 3.8) is 0 Å². The van der Waals surface area contributed by atoms with Gasteiger partial charge >= 0.3 is 6.09 Å². The SMILES string of the molecule is CCCCCCCCCC[C@H](CI)NC(=O)OC(C)(C)C. The summed E-state index contributed by atoms with van der Waals surface area (Å²) in [5.41, 5.74) is -0.418. The lowest BCUT2D eigenvalue weighted by Crippen LogP contribution is -2.39. The Morgan fingerprint density at radius 1 is 1.05 bits per heavy atom. The summed E-state index contributed by atoms with van der Waals surface area (Å²) in [7, 11) is 0. The van der Waals surface area contributed by atoms with Gasteiger partial charge in [0.2, 0.25) is 0 Å². The van der Waals surface area contributed by atoms with E-state index in [1.54, 1.807) is 0 Å². The molecule has 0 rings (SSSR count). The number of carbonyl (C=O) groups excluding carboxylic acids is 1. The molecule has 0 aliphatic heterocycles. The predicted octanol–water partition coefficient (Wildman–Crippen LogP) is 5.85. The number of nitrogens with one attached hydrogen (secondary N) is 1. The van der Waals surface area contributed by atoms with Gasteiger partial charge in [-0.25, -0.2) is 4.79 Å². The van der Waals surface area contributed by atoms with Crippen LogP contribution in [0.4, 0.5) is 4.79 Å². The van der Waals surface area contributed by atoms with Crippen molar-refractivity contribution in [1.82, 2.24) is 5.32 Å². The zero-order valence-electron chi connectivity index (χ0n) is 14.3. The standard InChI is InChI=1S/C17H34INO2/c1-5-6-7-8-9-10-11-12-13-15(14-18)19-16(20)21-17(2,3)4/h15H,5-14H2,1-4H3,(H,19,20)/t15-/m1/s1. The molecule has 126 valence electrons. The molecule has 3 nitrogen and oxygen atoms in total. The first-order chi connectivity index (χ1) is 9.89. The molecule has 0 aromatic rings. The quantitative estimate of drug-likeness (QED) is 0.263. The first-order valence-electron chi connectivity index (χ1n) is 8.44. The Hall–Kier alpha value is 0. The van der Waals surface area contributed by atoms with Crippen LogP contribution >= 0.6 is 22.6 Å². The highest BCUT2D eigenvalue weighted by Crippen LogP contribution is 2.12. The molecule has 0 heterocycles. The molecule has 0 spiro atoms. The van der Waals surface area contributed by atoms with E-state index in [0.717, 1.165) is 10.8 Å². The summed E-state index contributed by atoms with van der Waals surface area (Å²) in [5, 5.41) is 2.97. The first kappa shape index (κ1) is 21.0. The van der Waals surface area contributed by atoms with E-state index in [1.165, 1.54) is 51.4 Å². The Morgan fingerprint density at radius 2 is 1.57 bits per heavy atom. The van der Waals surface area contributed by atoms with Gasteiger partial charge in [0.1, 0.15) is 5.60 Å². The number of halogens is 1. The number of unbranched alkanes of at least 4 members (excludes halogenated alkanes) is 7. The summed E-state index contributed by atoms with van der Waals surface area (Å²) in [5.74, 6) is 0. The summed E-state index contributed by atoms with van der Waals surface area (Å²) in [6.45, 7) is 7.93. The molecule has 0 aromatic carbocycles. The van der Waals surface area contributed by atoms with Crippen molar-refractivity contribution >= 4 is 28.7 Å². The fourth-order valence-electron chi connectivity index (χ4n) is 2.19. The molecular weight excluding hydrogens is 377 g/mol. The minimum Gasteiger partial charge on any atom is -0.444 e. The van der Waals surface area contributed by atoms with Crippen LogP contribution in [-0.4, -0.2) is 22.2 Å². The van der Waals surface area contributed by atoms with Gasteiger partial charge in [-0.15, -0.1) is 0 Å². The maximum Gasteiger partial charge on any atom is 0.407 e. The van der Waals surface area contributed by atoms with Crippen LogP contribution < -0.4 is 5.32 Å². The van der Waals surface area contributed by atoms with Gasteiger partial charge in [-0.1, -0.05) is 80.9 Å². The molecule has 1 amide bonds. The van der Waals surface area contributed by atoms with Crippen LogP contribution in [0.2, 0.25) is 0 Å². The van der Waals surface area contributed by atoms with Gasteiger partial charge < -0.3 is 10.1 Å². The van der Waals surface area contributed by atoms with Crippen molar-refractivity contribution in [2.45, 2.75) is 97.1 Å². The number of ether oxygens (including phenoxy) is 1. The highest BCUT2D eigenvalue weighted by molar-refractivity contribution is 14.1. The van der Waals surface area contributed by atoms with E-state index in [1.807, 2.05) is 20.8 Å². The van der Waals surface area contributed by atoms with Crippen molar-refractivity contribution in [2.75, 3.05) is 4.43 Å². The van der Waals surface area contributed by atoms with Crippen LogP contribution in [0.15, 0.2) is 0 Å². The molecule has 21 heavy (non-hydrogen) atoms. The monoisotopic (exact) mass is 411 g/mol. The van der Waals surface area contributed by atoms with Crippen LogP contribution in [-0.2, 0) is 4.74 Å². The van der Waals surface area contributed by atoms with Gasteiger partial charge in [-0.3, -0.25) is 0 Å². The molecule has 1 N–H and O–H groups in total. The first-order valence-corrected chi connectivity index (χ1v) is 9.97. The Morgan fingerprint density at radius 3 is 2.05 bits per heavy atom. The van der Waals surface area contributed by atoms with Crippen LogP contribution in [0, 0.1) is 0 Å². The Balaban J connectivity index is 3.64. The molecule has 0 unspecified atom stereocenters. The molecule has 1 atom stereocenters. The lowest BCUT2D eigenvalue weighted by atomic mass is 10.1. The number of alkyl carbamates (subject to hydrolysis) is 1. The van der Waals surface area contributed by atoms with E-state index in [4.69, 9.17) is 4.74 Å². The van der Waals surface area contributed by atoms with Crippen LogP contribution in [0.5, 0.6) is 0 Å². The van der Waals surface area contributed by atoms with Gasteiger partial charge in [0.15, 0.2) is 0 Å². The van der Waals surface area contributed by atoms with E-state index in [9.17, 15) is 4.79 Å². The molecule has 4 heteroatoms. The van der Waals surface area contributed by atoms with Gasteiger partial charge in [-0.05, 0) is 27.2 Å². The summed E-state index contributed by atoms with van der Waals surface area (Å²) in [6.07, 6.45) is 11.4. The second-order valence-corrected chi connectivity index (χ2v) is 7.64. The highest BCUT2D eigenvalue weighted by Gasteiger charge is 2.18. The number of alkyl halides is 1. The fraction of sp³-hybridized carbons (Fsp3) is 0.941. The third-order valence-corrected chi connectivity index (χ3v) is 4.38. The number of hydrogen-bond donors (Lipinski definition) is 1. The van der Waals surface area contributed by atoms with Crippen molar-refractivity contribution in [2.24, 2.45) is 0 Å². The Labute approximate surface area is 145 Å². The number of amides is 1. The van der Waals surface area contributed by atoms with Gasteiger partial charge in [-0.2, -0.15) is 0 Å². The third kappa shape index (κ3) is 14.7. The zero-order valence-corrected chi connectivity index (χ0v) is 16.5. The molecule has 0 aromatic heterocycles. The summed E-state index contributed by atoms with van der Waals surface area (Å²) >= 11 is 2.33. The average Bonchev–Trinajstić information content (AvgIpc) is 2.38. The lowest BCUT2D eigenvalue weighted by molar-refractivity contribution is 0.0507. The summed E-state index contributed by atoms with van der Waals surface area (Å²) in [4.78, 5) is 11.7. The Bertz CT molecular complexity index is 264. The molecule has 0 radical (unpaired) electrons. The van der Waals surface area contributed by atoms with Crippen LogP contribution in [0.25, 0.3) is 0 Å². The minimum absolute atomic E-state index is 0.237. The van der Waals surface area contributed by atoms with Crippen molar-refractivity contribution in [3.05, 3.63) is 0 Å². The van der Waals surface area contributed by atoms with Crippen molar-refractivity contribution < 1.29 is 9.53 Å². The van der Waals surface area contributed by atoms with E-state index in [2.05, 4.69) is 34.8 Å². The number of carbonyl (C=O) groups is 1. The minimum atomic E-state index is -0.418. The normalized spacial score (nSPS) is 13.0. The van der Waals surface area contributed by atoms with E-state index >= 15 is 0 Å². The van der Waals surface area contributed by atoms with Gasteiger partial charge in [0, 0.05) is 10.5 Å². The molecule has 0 saturated carbocycles. The van der Waals surface area contributed by atoms with Crippen molar-refractivity contribution in [1.29, 1.82) is 0 Å². The molecule has 0 aliphatic rings. The molecule has 0 aliphatic carbocycles. The fourth-order valence-corrected chi connectivity index (χ4v) is 2.85.